The summed E-state index contributed by atoms with van der Waals surface area (Å²) >= 11 is 0. The molecule has 0 N–H and O–H groups in total. The number of allylic oxidation sites excluding steroid dienone is 2. The molecule has 0 heterocycles. The molecule has 1 unspecified atom stereocenters. The van der Waals surface area contributed by atoms with E-state index in [0.29, 0.717) is 19.3 Å². The SMILES string of the molecule is CCCCCCCCCC/C=C\CCCCCCCCCCCCCC(=O)OCC(COC(=O)CCCCCCCC)OC(=O)CCCCCCCCCCCCCCCCCC. The molecule has 0 rings (SSSR count). The molecular formula is C57H108O6. The van der Waals surface area contributed by atoms with Crippen LogP contribution in [0.25, 0.3) is 0 Å². The minimum Gasteiger partial charge on any atom is -0.462 e. The number of hydrogen-bond acceptors (Lipinski definition) is 6. The van der Waals surface area contributed by atoms with Gasteiger partial charge in [-0.15, -0.1) is 0 Å². The summed E-state index contributed by atoms with van der Waals surface area (Å²) in [6.07, 6.45) is 59.5. The highest BCUT2D eigenvalue weighted by atomic mass is 16.6. The Balaban J connectivity index is 4.08. The second-order valence-electron chi connectivity index (χ2n) is 19.2. The van der Waals surface area contributed by atoms with Crippen LogP contribution < -0.4 is 0 Å². The van der Waals surface area contributed by atoms with Crippen LogP contribution >= 0.6 is 0 Å². The van der Waals surface area contributed by atoms with Crippen LogP contribution in [-0.4, -0.2) is 37.2 Å². The molecule has 0 fully saturated rings. The summed E-state index contributed by atoms with van der Waals surface area (Å²) in [6, 6.07) is 0. The number of ether oxygens (including phenoxy) is 3. The molecule has 0 radical (unpaired) electrons. The van der Waals surface area contributed by atoms with Crippen LogP contribution in [0.4, 0.5) is 0 Å². The quantitative estimate of drug-likeness (QED) is 0.0262. The van der Waals surface area contributed by atoms with Crippen molar-refractivity contribution in [3.05, 3.63) is 12.2 Å². The highest BCUT2D eigenvalue weighted by molar-refractivity contribution is 5.71. The van der Waals surface area contributed by atoms with Gasteiger partial charge in [-0.25, -0.2) is 0 Å². The number of esters is 3. The van der Waals surface area contributed by atoms with Crippen LogP contribution in [0.1, 0.15) is 316 Å². The van der Waals surface area contributed by atoms with Gasteiger partial charge in [-0.05, 0) is 44.9 Å². The molecule has 6 nitrogen and oxygen atoms in total. The summed E-state index contributed by atoms with van der Waals surface area (Å²) in [5, 5.41) is 0. The Morgan fingerprint density at radius 1 is 0.302 bits per heavy atom. The molecule has 0 aliphatic carbocycles. The van der Waals surface area contributed by atoms with E-state index in [1.807, 2.05) is 0 Å². The third-order valence-electron chi connectivity index (χ3n) is 12.8. The van der Waals surface area contributed by atoms with Crippen molar-refractivity contribution in [1.29, 1.82) is 0 Å². The number of carbonyl (C=O) groups is 3. The van der Waals surface area contributed by atoms with Gasteiger partial charge in [0.05, 0.1) is 0 Å². The molecule has 0 amide bonds. The van der Waals surface area contributed by atoms with Gasteiger partial charge in [0.1, 0.15) is 13.2 Å². The molecule has 0 aliphatic heterocycles. The Kier molecular flexibility index (Phi) is 51.2. The van der Waals surface area contributed by atoms with Crippen molar-refractivity contribution >= 4 is 17.9 Å². The minimum atomic E-state index is -0.762. The van der Waals surface area contributed by atoms with Gasteiger partial charge in [0.2, 0.25) is 0 Å². The fourth-order valence-corrected chi connectivity index (χ4v) is 8.50. The van der Waals surface area contributed by atoms with Gasteiger partial charge < -0.3 is 14.2 Å². The van der Waals surface area contributed by atoms with Crippen LogP contribution in [0.5, 0.6) is 0 Å². The summed E-state index contributed by atoms with van der Waals surface area (Å²) in [6.45, 7) is 6.63. The Labute approximate surface area is 392 Å². The normalized spacial score (nSPS) is 12.0. The average Bonchev–Trinajstić information content (AvgIpc) is 3.28. The minimum absolute atomic E-state index is 0.0656. The molecular weight excluding hydrogens is 781 g/mol. The molecule has 0 aromatic heterocycles. The first kappa shape index (κ1) is 61.1. The van der Waals surface area contributed by atoms with E-state index in [2.05, 4.69) is 32.9 Å². The fourth-order valence-electron chi connectivity index (χ4n) is 8.50. The Morgan fingerprint density at radius 2 is 0.524 bits per heavy atom. The zero-order valence-corrected chi connectivity index (χ0v) is 42.6. The molecule has 63 heavy (non-hydrogen) atoms. The third kappa shape index (κ3) is 51.0. The van der Waals surface area contributed by atoms with Gasteiger partial charge >= 0.3 is 17.9 Å². The average molecular weight is 889 g/mol. The standard InChI is InChI=1S/C57H108O6/c1-4-7-10-13-16-18-20-22-24-26-27-28-29-30-31-32-34-35-37-39-41-44-47-50-56(59)62-53-54(52-61-55(58)49-46-43-15-12-9-6-3)63-57(60)51-48-45-42-40-38-36-33-25-23-21-19-17-14-11-8-5-2/h26-27,54H,4-25,28-53H2,1-3H3/b27-26-. The van der Waals surface area contributed by atoms with E-state index in [-0.39, 0.29) is 31.1 Å². The Hall–Kier alpha value is -1.85. The second-order valence-corrected chi connectivity index (χ2v) is 19.2. The lowest BCUT2D eigenvalue weighted by atomic mass is 10.0. The van der Waals surface area contributed by atoms with Crippen molar-refractivity contribution in [2.24, 2.45) is 0 Å². The van der Waals surface area contributed by atoms with E-state index in [1.165, 1.54) is 218 Å². The first-order valence-electron chi connectivity index (χ1n) is 28.2. The van der Waals surface area contributed by atoms with E-state index in [9.17, 15) is 14.4 Å². The van der Waals surface area contributed by atoms with Gasteiger partial charge in [-0.1, -0.05) is 264 Å². The molecule has 0 spiro atoms. The highest BCUT2D eigenvalue weighted by Crippen LogP contribution is 2.17. The maximum absolute atomic E-state index is 12.8. The first-order chi connectivity index (χ1) is 31.0. The van der Waals surface area contributed by atoms with Crippen molar-refractivity contribution in [2.75, 3.05) is 13.2 Å². The lowest BCUT2D eigenvalue weighted by Gasteiger charge is -2.18. The zero-order valence-electron chi connectivity index (χ0n) is 42.6. The molecule has 6 heteroatoms. The summed E-state index contributed by atoms with van der Waals surface area (Å²) < 4.78 is 16.8. The molecule has 1 atom stereocenters. The molecule has 0 saturated heterocycles. The Bertz CT molecular complexity index is 978. The fraction of sp³-hybridized carbons (Fsp3) is 0.912. The van der Waals surface area contributed by atoms with Gasteiger partial charge in [0, 0.05) is 19.3 Å². The number of carbonyl (C=O) groups excluding carboxylic acids is 3. The van der Waals surface area contributed by atoms with Crippen LogP contribution in [0.3, 0.4) is 0 Å². The smallest absolute Gasteiger partial charge is 0.306 e. The maximum Gasteiger partial charge on any atom is 0.306 e. The summed E-state index contributed by atoms with van der Waals surface area (Å²) in [7, 11) is 0. The highest BCUT2D eigenvalue weighted by Gasteiger charge is 2.19. The van der Waals surface area contributed by atoms with Crippen LogP contribution in [0.15, 0.2) is 12.2 Å². The predicted molar refractivity (Wildman–Crippen MR) is 270 cm³/mol. The molecule has 372 valence electrons. The van der Waals surface area contributed by atoms with Crippen molar-refractivity contribution in [1.82, 2.24) is 0 Å². The maximum atomic E-state index is 12.8. The van der Waals surface area contributed by atoms with Gasteiger partial charge in [0.15, 0.2) is 6.10 Å². The van der Waals surface area contributed by atoms with E-state index in [4.69, 9.17) is 14.2 Å². The van der Waals surface area contributed by atoms with Crippen molar-refractivity contribution in [3.63, 3.8) is 0 Å². The van der Waals surface area contributed by atoms with Crippen LogP contribution in [0.2, 0.25) is 0 Å². The Morgan fingerprint density at radius 3 is 0.794 bits per heavy atom. The van der Waals surface area contributed by atoms with Gasteiger partial charge in [0.25, 0.3) is 0 Å². The van der Waals surface area contributed by atoms with E-state index in [0.717, 1.165) is 57.8 Å². The van der Waals surface area contributed by atoms with Gasteiger partial charge in [-0.2, -0.15) is 0 Å². The van der Waals surface area contributed by atoms with Crippen LogP contribution in [0, 0.1) is 0 Å². The van der Waals surface area contributed by atoms with E-state index >= 15 is 0 Å². The summed E-state index contributed by atoms with van der Waals surface area (Å²) in [5.41, 5.74) is 0. The number of unbranched alkanes of at least 4 members (excludes halogenated alkanes) is 39. The lowest BCUT2D eigenvalue weighted by molar-refractivity contribution is -0.167. The lowest BCUT2D eigenvalue weighted by Crippen LogP contribution is -2.30. The third-order valence-corrected chi connectivity index (χ3v) is 12.8. The predicted octanol–water partition coefficient (Wildman–Crippen LogP) is 18.5. The van der Waals surface area contributed by atoms with E-state index < -0.39 is 6.10 Å². The van der Waals surface area contributed by atoms with E-state index in [1.54, 1.807) is 0 Å². The van der Waals surface area contributed by atoms with Crippen molar-refractivity contribution in [3.8, 4) is 0 Å². The number of hydrogen-bond donors (Lipinski definition) is 0. The number of rotatable bonds is 52. The first-order valence-corrected chi connectivity index (χ1v) is 28.2. The molecule has 0 aromatic rings. The monoisotopic (exact) mass is 889 g/mol. The molecule has 0 aliphatic rings. The topological polar surface area (TPSA) is 78.9 Å². The second kappa shape index (κ2) is 52.8. The molecule has 0 aromatic carbocycles. The van der Waals surface area contributed by atoms with Crippen molar-refractivity contribution < 1.29 is 28.6 Å². The molecule has 0 bridgehead atoms. The summed E-state index contributed by atoms with van der Waals surface area (Å²) in [5.74, 6) is -0.856. The largest absolute Gasteiger partial charge is 0.462 e. The van der Waals surface area contributed by atoms with Gasteiger partial charge in [-0.3, -0.25) is 14.4 Å². The summed E-state index contributed by atoms with van der Waals surface area (Å²) in [4.78, 5) is 37.8. The van der Waals surface area contributed by atoms with Crippen molar-refractivity contribution in [2.45, 2.75) is 322 Å². The molecule has 0 saturated carbocycles. The van der Waals surface area contributed by atoms with Crippen LogP contribution in [-0.2, 0) is 28.6 Å². The zero-order chi connectivity index (χ0) is 45.8.